The standard InChI is InChI=1S/C7H13NO3.C4H9NO2/c1-5(2)8-6(9)4-7(10)11-3;1-3-7-4(6)5-2/h5H,4H2,1-3H3,(H,8,9);3H2,1-2H3,(H,5,6). The van der Waals surface area contributed by atoms with E-state index >= 15 is 0 Å². The predicted molar refractivity (Wildman–Crippen MR) is 66.0 cm³/mol. The van der Waals surface area contributed by atoms with Gasteiger partial charge in [-0.05, 0) is 20.8 Å². The second kappa shape index (κ2) is 11.7. The lowest BCUT2D eigenvalue weighted by Crippen LogP contribution is -2.31. The first kappa shape index (κ1) is 18.6. The smallest absolute Gasteiger partial charge is 0.406 e. The average Bonchev–Trinajstić information content (AvgIpc) is 2.28. The molecule has 2 amide bonds. The molecule has 18 heavy (non-hydrogen) atoms. The van der Waals surface area contributed by atoms with E-state index in [0.29, 0.717) is 6.61 Å². The molecule has 0 radical (unpaired) electrons. The summed E-state index contributed by atoms with van der Waals surface area (Å²) in [7, 11) is 2.78. The van der Waals surface area contributed by atoms with Crippen molar-refractivity contribution in [3.05, 3.63) is 0 Å². The third-order valence-electron chi connectivity index (χ3n) is 1.46. The van der Waals surface area contributed by atoms with Crippen LogP contribution in [-0.4, -0.2) is 44.8 Å². The van der Waals surface area contributed by atoms with E-state index in [1.165, 1.54) is 14.2 Å². The molecule has 0 aromatic carbocycles. The number of esters is 1. The van der Waals surface area contributed by atoms with Gasteiger partial charge in [0.1, 0.15) is 6.42 Å². The number of ether oxygens (including phenoxy) is 2. The normalized spacial score (nSPS) is 8.78. The van der Waals surface area contributed by atoms with Gasteiger partial charge in [-0.25, -0.2) is 4.79 Å². The van der Waals surface area contributed by atoms with Gasteiger partial charge in [0, 0.05) is 13.1 Å². The lowest BCUT2D eigenvalue weighted by Gasteiger charge is -2.06. The number of rotatable bonds is 4. The number of hydrogen-bond donors (Lipinski definition) is 2. The minimum absolute atomic E-state index is 0.0622. The summed E-state index contributed by atoms with van der Waals surface area (Å²) in [6, 6.07) is 0.0622. The van der Waals surface area contributed by atoms with Crippen molar-refractivity contribution in [1.29, 1.82) is 0 Å². The Balaban J connectivity index is 0. The highest BCUT2D eigenvalue weighted by molar-refractivity contribution is 5.94. The molecule has 0 fully saturated rings. The number of nitrogens with one attached hydrogen (secondary N) is 2. The summed E-state index contributed by atoms with van der Waals surface area (Å²) in [5.74, 6) is -0.810. The quantitative estimate of drug-likeness (QED) is 0.566. The second-order valence-corrected chi connectivity index (χ2v) is 3.45. The molecule has 0 bridgehead atoms. The average molecular weight is 262 g/mol. The van der Waals surface area contributed by atoms with Crippen molar-refractivity contribution >= 4 is 18.0 Å². The van der Waals surface area contributed by atoms with Gasteiger partial charge in [-0.3, -0.25) is 9.59 Å². The van der Waals surface area contributed by atoms with Crippen LogP contribution in [0.1, 0.15) is 27.2 Å². The molecule has 0 saturated carbocycles. The van der Waals surface area contributed by atoms with E-state index in [9.17, 15) is 14.4 Å². The van der Waals surface area contributed by atoms with E-state index in [2.05, 4.69) is 20.1 Å². The molecule has 0 aromatic heterocycles. The molecular weight excluding hydrogens is 240 g/mol. The maximum absolute atomic E-state index is 10.8. The SMILES string of the molecule is CCOC(=O)NC.COC(=O)CC(=O)NC(C)C. The molecule has 0 aliphatic carbocycles. The number of carbonyl (C=O) groups is 3. The van der Waals surface area contributed by atoms with Crippen molar-refractivity contribution in [2.24, 2.45) is 0 Å². The Hall–Kier alpha value is -1.79. The minimum atomic E-state index is -0.511. The van der Waals surface area contributed by atoms with E-state index in [-0.39, 0.29) is 24.5 Å². The zero-order valence-corrected chi connectivity index (χ0v) is 11.5. The van der Waals surface area contributed by atoms with Crippen molar-refractivity contribution in [3.8, 4) is 0 Å². The Bertz CT molecular complexity index is 266. The summed E-state index contributed by atoms with van der Waals surface area (Å²) in [6.07, 6.45) is -0.572. The van der Waals surface area contributed by atoms with E-state index < -0.39 is 5.97 Å². The van der Waals surface area contributed by atoms with Gasteiger partial charge >= 0.3 is 12.1 Å². The van der Waals surface area contributed by atoms with Crippen LogP contribution < -0.4 is 10.6 Å². The number of alkyl carbamates (subject to hydrolysis) is 1. The second-order valence-electron chi connectivity index (χ2n) is 3.45. The summed E-state index contributed by atoms with van der Waals surface area (Å²) >= 11 is 0. The maximum Gasteiger partial charge on any atom is 0.406 e. The highest BCUT2D eigenvalue weighted by atomic mass is 16.5. The Labute approximate surface area is 107 Å². The molecule has 0 unspecified atom stereocenters. The molecule has 0 spiro atoms. The van der Waals surface area contributed by atoms with Gasteiger partial charge in [-0.1, -0.05) is 0 Å². The zero-order valence-electron chi connectivity index (χ0n) is 11.5. The van der Waals surface area contributed by atoms with Gasteiger partial charge in [0.25, 0.3) is 0 Å². The monoisotopic (exact) mass is 262 g/mol. The van der Waals surface area contributed by atoms with E-state index in [4.69, 9.17) is 0 Å². The van der Waals surface area contributed by atoms with Crippen LogP contribution in [0.25, 0.3) is 0 Å². The van der Waals surface area contributed by atoms with Gasteiger partial charge < -0.3 is 20.1 Å². The number of amides is 2. The molecule has 106 valence electrons. The highest BCUT2D eigenvalue weighted by Gasteiger charge is 2.09. The zero-order chi connectivity index (χ0) is 14.6. The topological polar surface area (TPSA) is 93.7 Å². The number of hydrogen-bond acceptors (Lipinski definition) is 5. The molecule has 0 aliphatic heterocycles. The minimum Gasteiger partial charge on any atom is -0.469 e. The lowest BCUT2D eigenvalue weighted by atomic mass is 10.3. The maximum atomic E-state index is 10.8. The first-order chi connectivity index (χ1) is 8.37. The lowest BCUT2D eigenvalue weighted by molar-refractivity contribution is -0.143. The summed E-state index contributed by atoms with van der Waals surface area (Å²) in [6.45, 7) is 5.85. The fourth-order valence-corrected chi connectivity index (χ4v) is 0.780. The summed E-state index contributed by atoms with van der Waals surface area (Å²) in [5, 5.41) is 4.87. The van der Waals surface area contributed by atoms with Gasteiger partial charge in [0.05, 0.1) is 13.7 Å². The molecule has 7 nitrogen and oxygen atoms in total. The van der Waals surface area contributed by atoms with Gasteiger partial charge in [-0.15, -0.1) is 0 Å². The molecule has 0 heterocycles. The first-order valence-electron chi connectivity index (χ1n) is 5.58. The van der Waals surface area contributed by atoms with Crippen LogP contribution in [0.5, 0.6) is 0 Å². The van der Waals surface area contributed by atoms with Crippen molar-refractivity contribution in [2.45, 2.75) is 33.2 Å². The molecule has 0 aromatic rings. The van der Waals surface area contributed by atoms with Crippen LogP contribution in [0.2, 0.25) is 0 Å². The van der Waals surface area contributed by atoms with Crippen molar-refractivity contribution in [3.63, 3.8) is 0 Å². The van der Waals surface area contributed by atoms with Crippen LogP contribution in [-0.2, 0) is 19.1 Å². The Morgan fingerprint density at radius 1 is 1.22 bits per heavy atom. The van der Waals surface area contributed by atoms with Gasteiger partial charge in [0.2, 0.25) is 5.91 Å². The number of methoxy groups -OCH3 is 1. The molecule has 0 saturated heterocycles. The molecular formula is C11H22N2O5. The molecule has 7 heteroatoms. The Morgan fingerprint density at radius 2 is 1.78 bits per heavy atom. The van der Waals surface area contributed by atoms with Gasteiger partial charge in [0.15, 0.2) is 0 Å². The van der Waals surface area contributed by atoms with Crippen LogP contribution in [0.3, 0.4) is 0 Å². The molecule has 0 aliphatic rings. The third kappa shape index (κ3) is 14.2. The Kier molecular flexibility index (Phi) is 12.1. The van der Waals surface area contributed by atoms with Crippen LogP contribution in [0.15, 0.2) is 0 Å². The van der Waals surface area contributed by atoms with Crippen LogP contribution in [0.4, 0.5) is 4.79 Å². The highest BCUT2D eigenvalue weighted by Crippen LogP contribution is 1.85. The Morgan fingerprint density at radius 3 is 2.06 bits per heavy atom. The summed E-state index contributed by atoms with van der Waals surface area (Å²) < 4.78 is 8.74. The van der Waals surface area contributed by atoms with Crippen molar-refractivity contribution in [2.75, 3.05) is 20.8 Å². The predicted octanol–water partition coefficient (Wildman–Crippen LogP) is 0.436. The van der Waals surface area contributed by atoms with E-state index in [0.717, 1.165) is 0 Å². The van der Waals surface area contributed by atoms with Crippen molar-refractivity contribution < 1.29 is 23.9 Å². The fraction of sp³-hybridized carbons (Fsp3) is 0.727. The van der Waals surface area contributed by atoms with E-state index in [1.54, 1.807) is 6.92 Å². The summed E-state index contributed by atoms with van der Waals surface area (Å²) in [4.78, 5) is 31.4. The molecule has 2 N–H and O–H groups in total. The van der Waals surface area contributed by atoms with Crippen LogP contribution in [0, 0.1) is 0 Å². The van der Waals surface area contributed by atoms with Crippen LogP contribution >= 0.6 is 0 Å². The first-order valence-corrected chi connectivity index (χ1v) is 5.58. The molecule has 0 rings (SSSR count). The molecule has 0 atom stereocenters. The number of carbonyl (C=O) groups excluding carboxylic acids is 3. The van der Waals surface area contributed by atoms with Gasteiger partial charge in [-0.2, -0.15) is 0 Å². The largest absolute Gasteiger partial charge is 0.469 e. The van der Waals surface area contributed by atoms with E-state index in [1.807, 2.05) is 13.8 Å². The fourth-order valence-electron chi connectivity index (χ4n) is 0.780. The van der Waals surface area contributed by atoms with Crippen molar-refractivity contribution in [1.82, 2.24) is 10.6 Å². The third-order valence-corrected chi connectivity index (χ3v) is 1.46. The summed E-state index contributed by atoms with van der Waals surface area (Å²) in [5.41, 5.74) is 0.